The lowest BCUT2D eigenvalue weighted by Crippen LogP contribution is -2.59. The zero-order valence-corrected chi connectivity index (χ0v) is 21.8. The van der Waals surface area contributed by atoms with Crippen molar-refractivity contribution in [1.82, 2.24) is 24.5 Å². The van der Waals surface area contributed by atoms with Crippen molar-refractivity contribution in [3.05, 3.63) is 41.7 Å². The molecule has 6 rings (SSSR count). The molecule has 1 N–H and O–H groups in total. The van der Waals surface area contributed by atoms with Gasteiger partial charge in [0, 0.05) is 48.6 Å². The van der Waals surface area contributed by atoms with Gasteiger partial charge in [0.15, 0.2) is 23.0 Å². The van der Waals surface area contributed by atoms with Crippen LogP contribution in [0.1, 0.15) is 25.2 Å². The van der Waals surface area contributed by atoms with Gasteiger partial charge in [-0.15, -0.1) is 13.9 Å². The highest BCUT2D eigenvalue weighted by Crippen LogP contribution is 2.46. The van der Waals surface area contributed by atoms with Crippen LogP contribution >= 0.6 is 0 Å². The lowest BCUT2D eigenvalue weighted by atomic mass is 9.93. The zero-order valence-electron chi connectivity index (χ0n) is 21.8. The molecule has 0 bridgehead atoms. The number of alkyl halides is 3. The molecule has 0 amide bonds. The second kappa shape index (κ2) is 9.04. The van der Waals surface area contributed by atoms with Crippen molar-refractivity contribution in [3.8, 4) is 23.0 Å². The first-order chi connectivity index (χ1) is 18.6. The van der Waals surface area contributed by atoms with Crippen molar-refractivity contribution >= 4 is 22.5 Å². The average Bonchev–Trinajstić information content (AvgIpc) is 3.44. The van der Waals surface area contributed by atoms with Gasteiger partial charge in [-0.2, -0.15) is 4.52 Å². The fraction of sp³-hybridized carbons (Fsp3) is 0.423. The maximum absolute atomic E-state index is 13.9. The first-order valence-corrected chi connectivity index (χ1v) is 12.4. The number of rotatable bonds is 8. The first kappa shape index (κ1) is 25.3. The summed E-state index contributed by atoms with van der Waals surface area (Å²) in [4.78, 5) is 11.4. The molecule has 206 valence electrons. The van der Waals surface area contributed by atoms with E-state index in [-0.39, 0.29) is 35.0 Å². The van der Waals surface area contributed by atoms with E-state index in [0.717, 1.165) is 5.56 Å². The molecule has 13 heteroatoms. The zero-order chi connectivity index (χ0) is 27.5. The smallest absolute Gasteiger partial charge is 0.497 e. The van der Waals surface area contributed by atoms with E-state index in [1.165, 1.54) is 10.6 Å². The summed E-state index contributed by atoms with van der Waals surface area (Å²) in [5.74, 6) is 1.70. The number of halogens is 3. The number of methoxy groups -OCH3 is 2. The number of hydrogen-bond donors (Lipinski definition) is 1. The third-order valence-corrected chi connectivity index (χ3v) is 7.07. The van der Waals surface area contributed by atoms with Crippen LogP contribution in [0.25, 0.3) is 16.6 Å². The van der Waals surface area contributed by atoms with Crippen molar-refractivity contribution in [2.75, 3.05) is 32.6 Å². The molecule has 0 saturated carbocycles. The van der Waals surface area contributed by atoms with Crippen LogP contribution in [0.3, 0.4) is 0 Å². The standard InChI is InChI=1S/C26H27F3N6O4/c1-25(2,34-12-15(27)13-34)10-20-31-23-17-7-8-18-22(39-26(28,29)38-18)21(17)32-24(35(23)33-20)30-11-14-5-6-16(36-3)9-19(14)37-4/h5-9,15H,10-13H2,1-4H3,(H,30,32). The van der Waals surface area contributed by atoms with E-state index in [1.54, 1.807) is 32.4 Å². The Labute approximate surface area is 221 Å². The highest BCUT2D eigenvalue weighted by molar-refractivity contribution is 5.97. The van der Waals surface area contributed by atoms with Gasteiger partial charge in [-0.25, -0.2) is 14.4 Å². The third kappa shape index (κ3) is 4.50. The van der Waals surface area contributed by atoms with Crippen LogP contribution in [0.5, 0.6) is 23.0 Å². The molecule has 4 heterocycles. The molecule has 0 spiro atoms. The molecule has 2 aromatic carbocycles. The summed E-state index contributed by atoms with van der Waals surface area (Å²) in [6.45, 7) is 5.01. The van der Waals surface area contributed by atoms with E-state index in [1.807, 2.05) is 24.8 Å². The molecule has 39 heavy (non-hydrogen) atoms. The first-order valence-electron chi connectivity index (χ1n) is 12.4. The molecular weight excluding hydrogens is 517 g/mol. The topological polar surface area (TPSA) is 95.3 Å². The Morgan fingerprint density at radius 3 is 2.62 bits per heavy atom. The average molecular weight is 545 g/mol. The highest BCUT2D eigenvalue weighted by atomic mass is 19.3. The van der Waals surface area contributed by atoms with Gasteiger partial charge in [0.25, 0.3) is 0 Å². The van der Waals surface area contributed by atoms with Crippen molar-refractivity contribution in [3.63, 3.8) is 0 Å². The van der Waals surface area contributed by atoms with Crippen molar-refractivity contribution in [1.29, 1.82) is 0 Å². The predicted octanol–water partition coefficient (Wildman–Crippen LogP) is 4.20. The Balaban J connectivity index is 1.42. The minimum absolute atomic E-state index is 0.119. The van der Waals surface area contributed by atoms with Gasteiger partial charge in [-0.1, -0.05) is 0 Å². The van der Waals surface area contributed by atoms with E-state index in [0.29, 0.717) is 47.9 Å². The summed E-state index contributed by atoms with van der Waals surface area (Å²) in [7, 11) is 3.12. The molecular formula is C26H27F3N6O4. The van der Waals surface area contributed by atoms with E-state index >= 15 is 0 Å². The Bertz CT molecular complexity index is 1570. The van der Waals surface area contributed by atoms with E-state index in [9.17, 15) is 13.2 Å². The fourth-order valence-electron chi connectivity index (χ4n) is 4.90. The molecule has 0 radical (unpaired) electrons. The molecule has 0 atom stereocenters. The SMILES string of the molecule is COc1ccc(CNc2nc3c4c(ccc3c3nc(CC(C)(C)N5CC(F)C5)nn23)OC(F)(F)O4)c(OC)c1. The summed E-state index contributed by atoms with van der Waals surface area (Å²) in [6, 6.07) is 8.41. The number of ether oxygens (including phenoxy) is 4. The van der Waals surface area contributed by atoms with Gasteiger partial charge in [0.05, 0.1) is 14.2 Å². The van der Waals surface area contributed by atoms with Crippen LogP contribution in [-0.2, 0) is 13.0 Å². The molecule has 2 aromatic heterocycles. The van der Waals surface area contributed by atoms with Gasteiger partial charge < -0.3 is 24.3 Å². The highest BCUT2D eigenvalue weighted by Gasteiger charge is 2.45. The molecule has 2 aliphatic heterocycles. The summed E-state index contributed by atoms with van der Waals surface area (Å²) < 4.78 is 63.2. The van der Waals surface area contributed by atoms with Gasteiger partial charge in [0.2, 0.25) is 5.95 Å². The number of likely N-dealkylation sites (tertiary alicyclic amines) is 1. The van der Waals surface area contributed by atoms with Crippen LogP contribution in [0.15, 0.2) is 30.3 Å². The number of anilines is 1. The third-order valence-electron chi connectivity index (χ3n) is 7.07. The van der Waals surface area contributed by atoms with Crippen LogP contribution < -0.4 is 24.3 Å². The molecule has 0 unspecified atom stereocenters. The van der Waals surface area contributed by atoms with Crippen molar-refractivity contribution in [2.45, 2.75) is 44.8 Å². The summed E-state index contributed by atoms with van der Waals surface area (Å²) in [6.07, 6.45) is -4.19. The minimum Gasteiger partial charge on any atom is -0.497 e. The van der Waals surface area contributed by atoms with Crippen LogP contribution in [0, 0.1) is 0 Å². The van der Waals surface area contributed by atoms with Crippen LogP contribution in [0.4, 0.5) is 19.1 Å². The summed E-state index contributed by atoms with van der Waals surface area (Å²) in [5, 5.41) is 8.40. The van der Waals surface area contributed by atoms with Crippen LogP contribution in [-0.4, -0.2) is 69.8 Å². The van der Waals surface area contributed by atoms with Crippen LogP contribution in [0.2, 0.25) is 0 Å². The van der Waals surface area contributed by atoms with Crippen molar-refractivity contribution in [2.24, 2.45) is 0 Å². The molecule has 1 fully saturated rings. The largest absolute Gasteiger partial charge is 0.586 e. The normalized spacial score (nSPS) is 17.0. The molecule has 1 saturated heterocycles. The Hall–Kier alpha value is -4.00. The Morgan fingerprint density at radius 2 is 1.90 bits per heavy atom. The Kier molecular flexibility index (Phi) is 5.86. The van der Waals surface area contributed by atoms with Gasteiger partial charge in [0.1, 0.15) is 23.2 Å². The van der Waals surface area contributed by atoms with Gasteiger partial charge in [-0.05, 0) is 38.1 Å². The number of nitrogens with one attached hydrogen (secondary N) is 1. The van der Waals surface area contributed by atoms with E-state index in [2.05, 4.69) is 15.0 Å². The number of hydrogen-bond acceptors (Lipinski definition) is 9. The lowest BCUT2D eigenvalue weighted by molar-refractivity contribution is -0.286. The maximum atomic E-state index is 13.9. The molecule has 0 aliphatic carbocycles. The number of benzene rings is 2. The predicted molar refractivity (Wildman–Crippen MR) is 136 cm³/mol. The lowest BCUT2D eigenvalue weighted by Gasteiger charge is -2.46. The molecule has 4 aromatic rings. The summed E-state index contributed by atoms with van der Waals surface area (Å²) in [5.41, 5.74) is 0.977. The van der Waals surface area contributed by atoms with Gasteiger partial charge >= 0.3 is 6.29 Å². The number of fused-ring (bicyclic) bond motifs is 5. The monoisotopic (exact) mass is 544 g/mol. The summed E-state index contributed by atoms with van der Waals surface area (Å²) >= 11 is 0. The minimum atomic E-state index is -3.80. The van der Waals surface area contributed by atoms with E-state index in [4.69, 9.17) is 24.3 Å². The molecule has 10 nitrogen and oxygen atoms in total. The second-order valence-electron chi connectivity index (χ2n) is 10.2. The number of aromatic nitrogens is 4. The van der Waals surface area contributed by atoms with E-state index < -0.39 is 12.5 Å². The van der Waals surface area contributed by atoms with Gasteiger partial charge in [-0.3, -0.25) is 4.90 Å². The quantitative estimate of drug-likeness (QED) is 0.350. The number of nitrogens with zero attached hydrogens (tertiary/aromatic N) is 5. The fourth-order valence-corrected chi connectivity index (χ4v) is 4.90. The second-order valence-corrected chi connectivity index (χ2v) is 10.2. The van der Waals surface area contributed by atoms with Crippen molar-refractivity contribution < 1.29 is 32.1 Å². The Morgan fingerprint density at radius 1 is 1.10 bits per heavy atom. The molecule has 2 aliphatic rings. The maximum Gasteiger partial charge on any atom is 0.586 e.